The van der Waals surface area contributed by atoms with Gasteiger partial charge in [0, 0.05) is 10.7 Å². The molecule has 1 unspecified atom stereocenters. The van der Waals surface area contributed by atoms with Crippen molar-refractivity contribution >= 4 is 27.5 Å². The summed E-state index contributed by atoms with van der Waals surface area (Å²) in [5, 5.41) is 0.621. The van der Waals surface area contributed by atoms with E-state index in [1.807, 2.05) is 19.9 Å². The first-order valence-corrected chi connectivity index (χ1v) is 5.26. The molecular formula is C9H12BrClN2. The Labute approximate surface area is 91.6 Å². The standard InChI is InChI=1S/C9H12BrClN2/c1-5(2)8(12)9-7(11)3-6(10)4-13-9/h3-5,8H,12H2,1-2H3. The molecule has 0 aliphatic rings. The van der Waals surface area contributed by atoms with Gasteiger partial charge in [0.05, 0.1) is 16.8 Å². The first-order valence-electron chi connectivity index (χ1n) is 4.09. The van der Waals surface area contributed by atoms with Crippen LogP contribution in [-0.2, 0) is 0 Å². The highest BCUT2D eigenvalue weighted by atomic mass is 79.9. The van der Waals surface area contributed by atoms with Gasteiger partial charge in [-0.1, -0.05) is 25.4 Å². The van der Waals surface area contributed by atoms with E-state index in [9.17, 15) is 0 Å². The predicted octanol–water partition coefficient (Wildman–Crippen LogP) is 3.15. The topological polar surface area (TPSA) is 38.9 Å². The number of rotatable bonds is 2. The van der Waals surface area contributed by atoms with Crippen LogP contribution in [0.15, 0.2) is 16.7 Å². The lowest BCUT2D eigenvalue weighted by atomic mass is 10.0. The molecule has 0 amide bonds. The van der Waals surface area contributed by atoms with Crippen LogP contribution in [0.5, 0.6) is 0 Å². The molecule has 0 aliphatic carbocycles. The minimum Gasteiger partial charge on any atom is -0.322 e. The SMILES string of the molecule is CC(C)C(N)c1ncc(Br)cc1Cl. The van der Waals surface area contributed by atoms with E-state index in [0.717, 1.165) is 10.2 Å². The van der Waals surface area contributed by atoms with Crippen LogP contribution in [0.3, 0.4) is 0 Å². The van der Waals surface area contributed by atoms with E-state index >= 15 is 0 Å². The Hall–Kier alpha value is -0.120. The van der Waals surface area contributed by atoms with Gasteiger partial charge >= 0.3 is 0 Å². The molecule has 1 rings (SSSR count). The average Bonchev–Trinajstić information content (AvgIpc) is 2.03. The number of hydrogen-bond donors (Lipinski definition) is 1. The predicted molar refractivity (Wildman–Crippen MR) is 58.7 cm³/mol. The Bertz CT molecular complexity index is 302. The van der Waals surface area contributed by atoms with Crippen molar-refractivity contribution in [3.05, 3.63) is 27.5 Å². The Kier molecular flexibility index (Phi) is 3.71. The average molecular weight is 264 g/mol. The van der Waals surface area contributed by atoms with Crippen LogP contribution in [-0.4, -0.2) is 4.98 Å². The molecule has 0 aromatic carbocycles. The van der Waals surface area contributed by atoms with Crippen molar-refractivity contribution < 1.29 is 0 Å². The lowest BCUT2D eigenvalue weighted by molar-refractivity contribution is 0.503. The molecule has 1 atom stereocenters. The Morgan fingerprint density at radius 3 is 2.62 bits per heavy atom. The lowest BCUT2D eigenvalue weighted by Crippen LogP contribution is -2.18. The smallest absolute Gasteiger partial charge is 0.0760 e. The van der Waals surface area contributed by atoms with Crippen LogP contribution in [0, 0.1) is 5.92 Å². The molecule has 2 nitrogen and oxygen atoms in total. The van der Waals surface area contributed by atoms with Crippen LogP contribution in [0.25, 0.3) is 0 Å². The van der Waals surface area contributed by atoms with Crippen molar-refractivity contribution in [1.29, 1.82) is 0 Å². The van der Waals surface area contributed by atoms with Crippen LogP contribution >= 0.6 is 27.5 Å². The van der Waals surface area contributed by atoms with Crippen LogP contribution in [0.2, 0.25) is 5.02 Å². The highest BCUT2D eigenvalue weighted by Crippen LogP contribution is 2.26. The largest absolute Gasteiger partial charge is 0.322 e. The molecule has 0 saturated heterocycles. The van der Waals surface area contributed by atoms with Crippen molar-refractivity contribution in [1.82, 2.24) is 4.98 Å². The fraction of sp³-hybridized carbons (Fsp3) is 0.444. The van der Waals surface area contributed by atoms with Gasteiger partial charge < -0.3 is 5.73 Å². The van der Waals surface area contributed by atoms with Crippen LogP contribution in [0.1, 0.15) is 25.6 Å². The molecule has 0 spiro atoms. The van der Waals surface area contributed by atoms with Crippen molar-refractivity contribution in [2.45, 2.75) is 19.9 Å². The second-order valence-electron chi connectivity index (χ2n) is 3.29. The fourth-order valence-electron chi connectivity index (χ4n) is 0.986. The van der Waals surface area contributed by atoms with Crippen molar-refractivity contribution in [3.63, 3.8) is 0 Å². The summed E-state index contributed by atoms with van der Waals surface area (Å²) in [6.45, 7) is 4.09. The quantitative estimate of drug-likeness (QED) is 0.890. The maximum Gasteiger partial charge on any atom is 0.0760 e. The zero-order chi connectivity index (χ0) is 10.0. The van der Waals surface area contributed by atoms with Gasteiger partial charge in [0.15, 0.2) is 0 Å². The molecule has 1 heterocycles. The van der Waals surface area contributed by atoms with Crippen LogP contribution < -0.4 is 5.73 Å². The van der Waals surface area contributed by atoms with E-state index in [-0.39, 0.29) is 6.04 Å². The summed E-state index contributed by atoms with van der Waals surface area (Å²) in [6, 6.07) is 1.71. The summed E-state index contributed by atoms with van der Waals surface area (Å²) < 4.78 is 0.872. The number of hydrogen-bond acceptors (Lipinski definition) is 2. The molecule has 1 aromatic rings. The molecule has 0 radical (unpaired) electrons. The zero-order valence-electron chi connectivity index (χ0n) is 7.59. The Morgan fingerprint density at radius 2 is 2.15 bits per heavy atom. The van der Waals surface area contributed by atoms with Gasteiger partial charge in [-0.3, -0.25) is 4.98 Å². The van der Waals surface area contributed by atoms with Gasteiger partial charge in [-0.25, -0.2) is 0 Å². The van der Waals surface area contributed by atoms with Gasteiger partial charge in [0.1, 0.15) is 0 Å². The van der Waals surface area contributed by atoms with Gasteiger partial charge in [-0.15, -0.1) is 0 Å². The van der Waals surface area contributed by atoms with E-state index in [1.165, 1.54) is 0 Å². The zero-order valence-corrected chi connectivity index (χ0v) is 9.93. The van der Waals surface area contributed by atoms with Crippen LogP contribution in [0.4, 0.5) is 0 Å². The van der Waals surface area contributed by atoms with E-state index in [0.29, 0.717) is 10.9 Å². The molecule has 72 valence electrons. The maximum absolute atomic E-state index is 6.00. The second kappa shape index (κ2) is 4.40. The van der Waals surface area contributed by atoms with Gasteiger partial charge in [0.2, 0.25) is 0 Å². The normalized spacial score (nSPS) is 13.4. The van der Waals surface area contributed by atoms with E-state index in [4.69, 9.17) is 17.3 Å². The van der Waals surface area contributed by atoms with Gasteiger partial charge in [-0.05, 0) is 27.9 Å². The third-order valence-corrected chi connectivity index (χ3v) is 2.61. The maximum atomic E-state index is 6.00. The molecule has 0 aliphatic heterocycles. The minimum atomic E-state index is -0.0967. The van der Waals surface area contributed by atoms with E-state index < -0.39 is 0 Å². The summed E-state index contributed by atoms with van der Waals surface area (Å²) in [5.74, 6) is 0.339. The number of aromatic nitrogens is 1. The summed E-state index contributed by atoms with van der Waals surface area (Å²) in [5.41, 5.74) is 6.69. The van der Waals surface area contributed by atoms with E-state index in [1.54, 1.807) is 6.20 Å². The molecule has 1 aromatic heterocycles. The summed E-state index contributed by atoms with van der Waals surface area (Å²) in [4.78, 5) is 4.20. The van der Waals surface area contributed by atoms with Crippen molar-refractivity contribution in [3.8, 4) is 0 Å². The second-order valence-corrected chi connectivity index (χ2v) is 4.61. The molecule has 0 fully saturated rings. The third-order valence-electron chi connectivity index (χ3n) is 1.87. The molecular weight excluding hydrogens is 251 g/mol. The monoisotopic (exact) mass is 262 g/mol. The van der Waals surface area contributed by atoms with Crippen molar-refractivity contribution in [2.24, 2.45) is 11.7 Å². The first-order chi connectivity index (χ1) is 6.02. The van der Waals surface area contributed by atoms with Gasteiger partial charge in [0.25, 0.3) is 0 Å². The fourth-order valence-corrected chi connectivity index (χ4v) is 1.74. The molecule has 4 heteroatoms. The molecule has 13 heavy (non-hydrogen) atoms. The first kappa shape index (κ1) is 11.0. The molecule has 0 saturated carbocycles. The van der Waals surface area contributed by atoms with E-state index in [2.05, 4.69) is 20.9 Å². The van der Waals surface area contributed by atoms with Crippen molar-refractivity contribution in [2.75, 3.05) is 0 Å². The summed E-state index contributed by atoms with van der Waals surface area (Å²) >= 11 is 9.29. The third kappa shape index (κ3) is 2.66. The van der Waals surface area contributed by atoms with Gasteiger partial charge in [-0.2, -0.15) is 0 Å². The number of halogens is 2. The molecule has 0 bridgehead atoms. The number of nitrogens with zero attached hydrogens (tertiary/aromatic N) is 1. The number of nitrogens with two attached hydrogens (primary N) is 1. The minimum absolute atomic E-state index is 0.0967. The lowest BCUT2D eigenvalue weighted by Gasteiger charge is -2.16. The summed E-state index contributed by atoms with van der Waals surface area (Å²) in [6.07, 6.45) is 1.71. The highest BCUT2D eigenvalue weighted by molar-refractivity contribution is 9.10. The Morgan fingerprint density at radius 1 is 1.54 bits per heavy atom. The number of pyridine rings is 1. The molecule has 2 N–H and O–H groups in total. The summed E-state index contributed by atoms with van der Waals surface area (Å²) in [7, 11) is 0. The highest BCUT2D eigenvalue weighted by Gasteiger charge is 2.15. The Balaban J connectivity index is 3.01.